The van der Waals surface area contributed by atoms with Gasteiger partial charge in [0.1, 0.15) is 11.4 Å². The van der Waals surface area contributed by atoms with Gasteiger partial charge in [0.2, 0.25) is 0 Å². The predicted molar refractivity (Wildman–Crippen MR) is 84.9 cm³/mol. The highest BCUT2D eigenvalue weighted by Gasteiger charge is 2.19. The first kappa shape index (κ1) is 13.9. The van der Waals surface area contributed by atoms with Crippen molar-refractivity contribution >= 4 is 28.4 Å². The lowest BCUT2D eigenvalue weighted by Gasteiger charge is -2.36. The van der Waals surface area contributed by atoms with Gasteiger partial charge in [0.25, 0.3) is 0 Å². The lowest BCUT2D eigenvalue weighted by molar-refractivity contribution is 0.111. The van der Waals surface area contributed by atoms with Crippen molar-refractivity contribution < 1.29 is 9.53 Å². The van der Waals surface area contributed by atoms with E-state index in [2.05, 4.69) is 26.9 Å². The van der Waals surface area contributed by atoms with Crippen molar-refractivity contribution in [2.75, 3.05) is 43.1 Å². The molecule has 6 heteroatoms. The average molecular weight is 303 g/mol. The summed E-state index contributed by atoms with van der Waals surface area (Å²) in [6.45, 7) is 3.72. The first-order chi connectivity index (χ1) is 10.3. The Morgan fingerprint density at radius 1 is 1.14 bits per heavy atom. The van der Waals surface area contributed by atoms with Crippen LogP contribution in [0.25, 0.3) is 0 Å². The van der Waals surface area contributed by atoms with Crippen LogP contribution in [0.5, 0.6) is 5.75 Å². The summed E-state index contributed by atoms with van der Waals surface area (Å²) in [4.78, 5) is 19.6. The van der Waals surface area contributed by atoms with Crippen LogP contribution < -0.4 is 14.5 Å². The zero-order chi connectivity index (χ0) is 14.7. The molecule has 0 spiro atoms. The second-order valence-electron chi connectivity index (χ2n) is 4.84. The van der Waals surface area contributed by atoms with Crippen molar-refractivity contribution in [2.24, 2.45) is 0 Å². The lowest BCUT2D eigenvalue weighted by atomic mass is 10.2. The van der Waals surface area contributed by atoms with Crippen LogP contribution in [0, 0.1) is 0 Å². The van der Waals surface area contributed by atoms with Crippen LogP contribution in [-0.2, 0) is 0 Å². The van der Waals surface area contributed by atoms with Crippen molar-refractivity contribution in [3.63, 3.8) is 0 Å². The van der Waals surface area contributed by atoms with Gasteiger partial charge in [-0.3, -0.25) is 4.79 Å². The SMILES string of the molecule is COc1ccc(N2CCN(c3nc(C=O)cs3)CC2)cc1. The second kappa shape index (κ2) is 6.13. The first-order valence-corrected chi connectivity index (χ1v) is 7.73. The third-order valence-electron chi connectivity index (χ3n) is 3.62. The predicted octanol–water partition coefficient (Wildman–Crippen LogP) is 2.29. The van der Waals surface area contributed by atoms with Crippen LogP contribution in [0.15, 0.2) is 29.6 Å². The Kier molecular flexibility index (Phi) is 4.06. The number of nitrogens with zero attached hydrogens (tertiary/aromatic N) is 3. The number of methoxy groups -OCH3 is 1. The number of piperazine rings is 1. The molecule has 1 aromatic carbocycles. The van der Waals surface area contributed by atoms with Gasteiger partial charge in [-0.15, -0.1) is 11.3 Å². The standard InChI is InChI=1S/C15H17N3O2S/c1-20-14-4-2-13(3-5-14)17-6-8-18(9-7-17)15-16-12(10-19)11-21-15/h2-5,10-11H,6-9H2,1H3. The molecular formula is C15H17N3O2S. The minimum Gasteiger partial charge on any atom is -0.497 e. The third kappa shape index (κ3) is 3.00. The van der Waals surface area contributed by atoms with Gasteiger partial charge in [0.05, 0.1) is 7.11 Å². The van der Waals surface area contributed by atoms with E-state index in [1.165, 1.54) is 17.0 Å². The van der Waals surface area contributed by atoms with E-state index in [1.54, 1.807) is 12.5 Å². The van der Waals surface area contributed by atoms with Gasteiger partial charge < -0.3 is 14.5 Å². The summed E-state index contributed by atoms with van der Waals surface area (Å²) < 4.78 is 5.18. The highest BCUT2D eigenvalue weighted by molar-refractivity contribution is 7.13. The summed E-state index contributed by atoms with van der Waals surface area (Å²) in [5.74, 6) is 0.876. The van der Waals surface area contributed by atoms with E-state index in [0.717, 1.165) is 43.3 Å². The molecule has 0 atom stereocenters. The Bertz CT molecular complexity index is 604. The number of ether oxygens (including phenoxy) is 1. The summed E-state index contributed by atoms with van der Waals surface area (Å²) in [7, 11) is 1.68. The maximum Gasteiger partial charge on any atom is 0.186 e. The molecular weight excluding hydrogens is 286 g/mol. The minimum absolute atomic E-state index is 0.521. The van der Waals surface area contributed by atoms with Gasteiger partial charge in [-0.1, -0.05) is 0 Å². The van der Waals surface area contributed by atoms with Crippen molar-refractivity contribution in [1.29, 1.82) is 0 Å². The van der Waals surface area contributed by atoms with Crippen LogP contribution in [0.2, 0.25) is 0 Å². The van der Waals surface area contributed by atoms with E-state index in [-0.39, 0.29) is 0 Å². The molecule has 1 aliphatic heterocycles. The summed E-state index contributed by atoms with van der Waals surface area (Å²) in [6.07, 6.45) is 0.799. The average Bonchev–Trinajstić information content (AvgIpc) is 3.04. The molecule has 1 saturated heterocycles. The number of hydrogen-bond donors (Lipinski definition) is 0. The second-order valence-corrected chi connectivity index (χ2v) is 5.68. The summed E-state index contributed by atoms with van der Waals surface area (Å²) >= 11 is 1.53. The monoisotopic (exact) mass is 303 g/mol. The molecule has 110 valence electrons. The quantitative estimate of drug-likeness (QED) is 0.811. The van der Waals surface area contributed by atoms with Gasteiger partial charge >= 0.3 is 0 Å². The molecule has 0 amide bonds. The van der Waals surface area contributed by atoms with Crippen LogP contribution in [0.1, 0.15) is 10.5 Å². The Labute approximate surface area is 127 Å². The van der Waals surface area contributed by atoms with E-state index in [0.29, 0.717) is 5.69 Å². The van der Waals surface area contributed by atoms with Crippen LogP contribution in [0.4, 0.5) is 10.8 Å². The smallest absolute Gasteiger partial charge is 0.186 e. The van der Waals surface area contributed by atoms with Crippen molar-refractivity contribution in [2.45, 2.75) is 0 Å². The molecule has 1 fully saturated rings. The number of benzene rings is 1. The number of aldehydes is 1. The Hall–Kier alpha value is -2.08. The fourth-order valence-corrected chi connectivity index (χ4v) is 3.25. The molecule has 1 aromatic heterocycles. The molecule has 3 rings (SSSR count). The number of rotatable bonds is 4. The van der Waals surface area contributed by atoms with E-state index in [4.69, 9.17) is 4.74 Å². The van der Waals surface area contributed by atoms with Gasteiger partial charge in [-0.25, -0.2) is 4.98 Å². The van der Waals surface area contributed by atoms with Crippen LogP contribution >= 0.6 is 11.3 Å². The first-order valence-electron chi connectivity index (χ1n) is 6.85. The lowest BCUT2D eigenvalue weighted by Crippen LogP contribution is -2.46. The largest absolute Gasteiger partial charge is 0.497 e. The zero-order valence-corrected chi connectivity index (χ0v) is 12.7. The van der Waals surface area contributed by atoms with Gasteiger partial charge in [0.15, 0.2) is 11.4 Å². The molecule has 0 radical (unpaired) electrons. The topological polar surface area (TPSA) is 45.7 Å². The Balaban J connectivity index is 1.62. The van der Waals surface area contributed by atoms with Crippen LogP contribution in [-0.4, -0.2) is 44.6 Å². The van der Waals surface area contributed by atoms with E-state index in [9.17, 15) is 4.79 Å². The van der Waals surface area contributed by atoms with E-state index < -0.39 is 0 Å². The maximum absolute atomic E-state index is 10.7. The van der Waals surface area contributed by atoms with Crippen molar-refractivity contribution in [1.82, 2.24) is 4.98 Å². The number of thiazole rings is 1. The summed E-state index contributed by atoms with van der Waals surface area (Å²) in [6, 6.07) is 8.14. The zero-order valence-electron chi connectivity index (χ0n) is 11.9. The van der Waals surface area contributed by atoms with Crippen molar-refractivity contribution in [3.8, 4) is 5.75 Å². The van der Waals surface area contributed by atoms with Crippen molar-refractivity contribution in [3.05, 3.63) is 35.3 Å². The molecule has 5 nitrogen and oxygen atoms in total. The van der Waals surface area contributed by atoms with Crippen LogP contribution in [0.3, 0.4) is 0 Å². The number of aromatic nitrogens is 1. The fraction of sp³-hybridized carbons (Fsp3) is 0.333. The van der Waals surface area contributed by atoms with Gasteiger partial charge in [-0.05, 0) is 24.3 Å². The number of anilines is 2. The van der Waals surface area contributed by atoms with E-state index in [1.807, 2.05) is 12.1 Å². The Morgan fingerprint density at radius 3 is 2.38 bits per heavy atom. The fourth-order valence-electron chi connectivity index (χ4n) is 2.42. The molecule has 0 N–H and O–H groups in total. The Morgan fingerprint density at radius 2 is 1.81 bits per heavy atom. The summed E-state index contributed by atoms with van der Waals surface area (Å²) in [5, 5.41) is 2.74. The molecule has 0 aliphatic carbocycles. The number of hydrogen-bond acceptors (Lipinski definition) is 6. The molecule has 0 unspecified atom stereocenters. The highest BCUT2D eigenvalue weighted by Crippen LogP contribution is 2.24. The number of carbonyl (C=O) groups excluding carboxylic acids is 1. The summed E-state index contributed by atoms with van der Waals surface area (Å²) in [5.41, 5.74) is 1.73. The molecule has 2 aromatic rings. The minimum atomic E-state index is 0.521. The molecule has 2 heterocycles. The molecule has 1 aliphatic rings. The molecule has 21 heavy (non-hydrogen) atoms. The van der Waals surface area contributed by atoms with E-state index >= 15 is 0 Å². The highest BCUT2D eigenvalue weighted by atomic mass is 32.1. The molecule has 0 bridgehead atoms. The third-order valence-corrected chi connectivity index (χ3v) is 4.54. The number of carbonyl (C=O) groups is 1. The normalized spacial score (nSPS) is 15.1. The van der Waals surface area contributed by atoms with Gasteiger partial charge in [-0.2, -0.15) is 0 Å². The molecule has 0 saturated carbocycles. The maximum atomic E-state index is 10.7. The van der Waals surface area contributed by atoms with Gasteiger partial charge in [0, 0.05) is 37.2 Å².